The number of hydrogen-bond acceptors (Lipinski definition) is 4. The second-order valence-electron chi connectivity index (χ2n) is 9.74. The van der Waals surface area contributed by atoms with Crippen LogP contribution in [0, 0.1) is 11.8 Å². The van der Waals surface area contributed by atoms with E-state index in [1.165, 1.54) is 5.56 Å². The molecular weight excluding hydrogens is 455 g/mol. The van der Waals surface area contributed by atoms with Gasteiger partial charge in [-0.05, 0) is 72.9 Å². The van der Waals surface area contributed by atoms with Crippen molar-refractivity contribution in [1.82, 2.24) is 9.88 Å². The number of ether oxygens (including phenoxy) is 1. The van der Waals surface area contributed by atoms with Crippen molar-refractivity contribution >= 4 is 16.9 Å². The van der Waals surface area contributed by atoms with Crippen molar-refractivity contribution in [3.8, 4) is 5.75 Å². The lowest BCUT2D eigenvalue weighted by Gasteiger charge is -2.41. The fraction of sp³-hybridized carbons (Fsp3) is 0.400. The number of pyridine rings is 1. The topological polar surface area (TPSA) is 62.7 Å². The van der Waals surface area contributed by atoms with Crippen molar-refractivity contribution in [2.75, 3.05) is 20.2 Å². The average Bonchev–Trinajstić information content (AvgIpc) is 2.90. The maximum Gasteiger partial charge on any atom is 0.303 e. The Kier molecular flexibility index (Phi) is 8.57. The van der Waals surface area contributed by atoms with E-state index in [1.807, 2.05) is 36.4 Å². The van der Waals surface area contributed by atoms with Gasteiger partial charge in [0.05, 0.1) is 12.6 Å². The summed E-state index contributed by atoms with van der Waals surface area (Å²) in [6.07, 6.45) is 4.08. The van der Waals surface area contributed by atoms with Gasteiger partial charge in [0.15, 0.2) is 0 Å². The standard InChI is InChI=1S/C30H35FN2O3/c1-21(18-22-6-4-3-5-7-22)33-17-15-23(24(20-33)9-13-30(34)35)8-11-28(31)26-14-16-32-29-12-10-25(36-2)19-27(26)29/h3-7,10,12,14,16,19,23-24,28H,1,8-9,11,13,15,17-18,20H2,2H3,(H,34,35)/t23-,24+,28?/m1/s1. The molecule has 2 heterocycles. The Morgan fingerprint density at radius 3 is 2.75 bits per heavy atom. The summed E-state index contributed by atoms with van der Waals surface area (Å²) in [5.74, 6) is 0.380. The lowest BCUT2D eigenvalue weighted by Crippen LogP contribution is -2.40. The molecule has 5 nitrogen and oxygen atoms in total. The molecule has 36 heavy (non-hydrogen) atoms. The van der Waals surface area contributed by atoms with Crippen LogP contribution in [-0.4, -0.2) is 41.2 Å². The molecule has 3 aromatic rings. The maximum atomic E-state index is 15.6. The number of piperidine rings is 1. The third-order valence-corrected chi connectivity index (χ3v) is 7.43. The first-order valence-corrected chi connectivity index (χ1v) is 12.7. The van der Waals surface area contributed by atoms with Crippen LogP contribution in [0.1, 0.15) is 49.4 Å². The smallest absolute Gasteiger partial charge is 0.303 e. The number of carbonyl (C=O) groups is 1. The summed E-state index contributed by atoms with van der Waals surface area (Å²) in [4.78, 5) is 18.0. The number of likely N-dealkylation sites (tertiary alicyclic amines) is 1. The quantitative estimate of drug-likeness (QED) is 0.328. The molecule has 0 saturated carbocycles. The zero-order valence-electron chi connectivity index (χ0n) is 20.9. The first kappa shape index (κ1) is 25.7. The van der Waals surface area contributed by atoms with Crippen LogP contribution in [0.15, 0.2) is 73.1 Å². The van der Waals surface area contributed by atoms with Gasteiger partial charge < -0.3 is 14.7 Å². The predicted octanol–water partition coefficient (Wildman–Crippen LogP) is 6.59. The van der Waals surface area contributed by atoms with Crippen LogP contribution < -0.4 is 4.74 Å². The van der Waals surface area contributed by atoms with Crippen LogP contribution in [0.3, 0.4) is 0 Å². The highest BCUT2D eigenvalue weighted by Crippen LogP contribution is 2.37. The second kappa shape index (κ2) is 12.0. The molecule has 0 bridgehead atoms. The molecule has 3 atom stereocenters. The number of halogens is 1. The van der Waals surface area contributed by atoms with E-state index in [9.17, 15) is 9.90 Å². The number of aromatic nitrogens is 1. The number of hydrogen-bond donors (Lipinski definition) is 1. The molecule has 1 unspecified atom stereocenters. The van der Waals surface area contributed by atoms with E-state index < -0.39 is 12.1 Å². The molecule has 190 valence electrons. The highest BCUT2D eigenvalue weighted by molar-refractivity contribution is 5.83. The molecule has 1 fully saturated rings. The number of allylic oxidation sites excluding steroid dienone is 1. The predicted molar refractivity (Wildman–Crippen MR) is 141 cm³/mol. The highest BCUT2D eigenvalue weighted by atomic mass is 19.1. The lowest BCUT2D eigenvalue weighted by atomic mass is 9.78. The van der Waals surface area contributed by atoms with E-state index in [4.69, 9.17) is 4.74 Å². The molecule has 1 aliphatic rings. The summed E-state index contributed by atoms with van der Waals surface area (Å²) in [5, 5.41) is 10.1. The van der Waals surface area contributed by atoms with Crippen molar-refractivity contribution in [2.24, 2.45) is 11.8 Å². The molecule has 1 N–H and O–H groups in total. The average molecular weight is 491 g/mol. The normalized spacial score (nSPS) is 18.7. The number of aliphatic carboxylic acids is 1. The Morgan fingerprint density at radius 2 is 2.00 bits per heavy atom. The molecule has 0 aliphatic carbocycles. The Morgan fingerprint density at radius 1 is 1.19 bits per heavy atom. The monoisotopic (exact) mass is 490 g/mol. The van der Waals surface area contributed by atoms with Crippen molar-refractivity contribution in [3.63, 3.8) is 0 Å². The zero-order chi connectivity index (χ0) is 25.5. The number of carboxylic acids is 1. The Balaban J connectivity index is 1.42. The number of benzene rings is 2. The number of rotatable bonds is 11. The Bertz CT molecular complexity index is 1180. The molecule has 0 amide bonds. The van der Waals surface area contributed by atoms with Gasteiger partial charge in [0, 0.05) is 43.2 Å². The van der Waals surface area contributed by atoms with Gasteiger partial charge in [0.2, 0.25) is 0 Å². The molecule has 0 radical (unpaired) electrons. The lowest BCUT2D eigenvalue weighted by molar-refractivity contribution is -0.137. The van der Waals surface area contributed by atoms with Crippen molar-refractivity contribution < 1.29 is 19.0 Å². The largest absolute Gasteiger partial charge is 0.497 e. The van der Waals surface area contributed by atoms with Crippen molar-refractivity contribution in [2.45, 2.75) is 44.7 Å². The summed E-state index contributed by atoms with van der Waals surface area (Å²) < 4.78 is 20.9. The first-order chi connectivity index (χ1) is 17.4. The van der Waals surface area contributed by atoms with Crippen molar-refractivity contribution in [3.05, 3.63) is 84.2 Å². The minimum absolute atomic E-state index is 0.133. The molecular formula is C30H35FN2O3. The SMILES string of the molecule is C=C(Cc1ccccc1)N1CC[C@@H](CCC(F)c2ccnc3ccc(OC)cc23)[C@@H](CCC(=O)O)C1. The second-order valence-corrected chi connectivity index (χ2v) is 9.74. The first-order valence-electron chi connectivity index (χ1n) is 12.7. The molecule has 1 aliphatic heterocycles. The van der Waals surface area contributed by atoms with Gasteiger partial charge >= 0.3 is 5.97 Å². The van der Waals surface area contributed by atoms with Gasteiger partial charge in [-0.2, -0.15) is 0 Å². The fourth-order valence-corrected chi connectivity index (χ4v) is 5.39. The summed E-state index contributed by atoms with van der Waals surface area (Å²) >= 11 is 0. The number of methoxy groups -OCH3 is 1. The molecule has 0 spiro atoms. The minimum atomic E-state index is -1.12. The summed E-state index contributed by atoms with van der Waals surface area (Å²) in [6.45, 7) is 5.96. The molecule has 6 heteroatoms. The molecule has 1 aromatic heterocycles. The van der Waals surface area contributed by atoms with Crippen LogP contribution >= 0.6 is 0 Å². The van der Waals surface area contributed by atoms with Gasteiger partial charge in [-0.15, -0.1) is 0 Å². The summed E-state index contributed by atoms with van der Waals surface area (Å²) in [7, 11) is 1.60. The van der Waals surface area contributed by atoms with Crippen LogP contribution in [-0.2, 0) is 11.2 Å². The maximum absolute atomic E-state index is 15.6. The van der Waals surface area contributed by atoms with E-state index in [2.05, 4.69) is 28.6 Å². The third-order valence-electron chi connectivity index (χ3n) is 7.43. The van der Waals surface area contributed by atoms with Gasteiger partial charge in [-0.25, -0.2) is 4.39 Å². The van der Waals surface area contributed by atoms with E-state index in [-0.39, 0.29) is 18.3 Å². The minimum Gasteiger partial charge on any atom is -0.497 e. The van der Waals surface area contributed by atoms with Gasteiger partial charge in [-0.1, -0.05) is 36.9 Å². The Hall–Kier alpha value is -3.41. The van der Waals surface area contributed by atoms with E-state index in [1.54, 1.807) is 19.4 Å². The number of alkyl halides is 1. The van der Waals surface area contributed by atoms with Crippen molar-refractivity contribution in [1.29, 1.82) is 0 Å². The van der Waals surface area contributed by atoms with Crippen LogP contribution in [0.2, 0.25) is 0 Å². The fourth-order valence-electron chi connectivity index (χ4n) is 5.39. The highest BCUT2D eigenvalue weighted by Gasteiger charge is 2.31. The Labute approximate surface area is 212 Å². The molecule has 2 aromatic carbocycles. The van der Waals surface area contributed by atoms with Gasteiger partial charge in [-0.3, -0.25) is 9.78 Å². The van der Waals surface area contributed by atoms with Gasteiger partial charge in [0.25, 0.3) is 0 Å². The number of carboxylic acid groups (broad SMARTS) is 1. The summed E-state index contributed by atoms with van der Waals surface area (Å²) in [6, 6.07) is 17.5. The number of fused-ring (bicyclic) bond motifs is 1. The van der Waals surface area contributed by atoms with E-state index in [0.717, 1.165) is 49.0 Å². The number of nitrogens with zero attached hydrogens (tertiary/aromatic N) is 2. The van der Waals surface area contributed by atoms with Crippen LogP contribution in [0.25, 0.3) is 10.9 Å². The van der Waals surface area contributed by atoms with Crippen LogP contribution in [0.5, 0.6) is 5.75 Å². The van der Waals surface area contributed by atoms with E-state index in [0.29, 0.717) is 24.2 Å². The zero-order valence-corrected chi connectivity index (χ0v) is 20.9. The molecule has 1 saturated heterocycles. The van der Waals surface area contributed by atoms with Crippen LogP contribution in [0.4, 0.5) is 4.39 Å². The summed E-state index contributed by atoms with van der Waals surface area (Å²) in [5.41, 5.74) is 3.66. The third kappa shape index (κ3) is 6.42. The van der Waals surface area contributed by atoms with Gasteiger partial charge in [0.1, 0.15) is 11.9 Å². The van der Waals surface area contributed by atoms with E-state index >= 15 is 4.39 Å². The molecule has 4 rings (SSSR count).